The average molecular weight is 308 g/mol. The molecule has 0 bridgehead atoms. The Morgan fingerprint density at radius 1 is 1.18 bits per heavy atom. The molecule has 0 aromatic rings. The predicted molar refractivity (Wildman–Crippen MR) is 89.9 cm³/mol. The number of carbonyl (C=O) groups excluding carboxylic acids is 1. The van der Waals surface area contributed by atoms with Crippen molar-refractivity contribution in [3.8, 4) is 0 Å². The number of ether oxygens (including phenoxy) is 1. The quantitative estimate of drug-likeness (QED) is 0.777. The number of allylic oxidation sites excluding steroid dienone is 2. The van der Waals surface area contributed by atoms with E-state index in [2.05, 4.69) is 22.8 Å². The molecule has 4 heteroatoms. The van der Waals surface area contributed by atoms with Crippen molar-refractivity contribution in [3.05, 3.63) is 12.2 Å². The highest BCUT2D eigenvalue weighted by molar-refractivity contribution is 5.68. The third-order valence-corrected chi connectivity index (χ3v) is 4.47. The molecule has 126 valence electrons. The minimum Gasteiger partial charge on any atom is -0.444 e. The summed E-state index contributed by atoms with van der Waals surface area (Å²) in [6.45, 7) is 6.80. The topological polar surface area (TPSA) is 50.4 Å². The first kappa shape index (κ1) is 17.3. The van der Waals surface area contributed by atoms with Crippen molar-refractivity contribution in [2.45, 2.75) is 83.4 Å². The fraction of sp³-hybridized carbons (Fsp3) is 0.833. The van der Waals surface area contributed by atoms with Gasteiger partial charge in [0, 0.05) is 12.1 Å². The van der Waals surface area contributed by atoms with E-state index >= 15 is 0 Å². The van der Waals surface area contributed by atoms with Crippen molar-refractivity contribution in [2.75, 3.05) is 6.54 Å². The SMILES string of the molecule is CC(C)(C)OC(=O)NC1CCCC(NCC2CC=CCC2)C1. The normalized spacial score (nSPS) is 29.1. The highest BCUT2D eigenvalue weighted by Gasteiger charge is 2.25. The van der Waals surface area contributed by atoms with Crippen LogP contribution in [0.15, 0.2) is 12.2 Å². The molecule has 1 amide bonds. The van der Waals surface area contributed by atoms with Gasteiger partial charge in [-0.25, -0.2) is 4.79 Å². The van der Waals surface area contributed by atoms with Crippen molar-refractivity contribution in [3.63, 3.8) is 0 Å². The maximum atomic E-state index is 11.9. The first-order chi connectivity index (χ1) is 10.4. The molecular formula is C18H32N2O2. The number of carbonyl (C=O) groups is 1. The first-order valence-corrected chi connectivity index (χ1v) is 8.80. The van der Waals surface area contributed by atoms with E-state index in [1.54, 1.807) is 0 Å². The molecule has 0 aromatic carbocycles. The van der Waals surface area contributed by atoms with Gasteiger partial charge in [-0.3, -0.25) is 0 Å². The van der Waals surface area contributed by atoms with Crippen molar-refractivity contribution < 1.29 is 9.53 Å². The number of alkyl carbamates (subject to hydrolysis) is 1. The molecule has 0 spiro atoms. The molecule has 1 saturated carbocycles. The molecule has 4 nitrogen and oxygen atoms in total. The lowest BCUT2D eigenvalue weighted by molar-refractivity contribution is 0.0488. The Labute approximate surface area is 135 Å². The van der Waals surface area contributed by atoms with Crippen LogP contribution in [0.5, 0.6) is 0 Å². The van der Waals surface area contributed by atoms with Gasteiger partial charge in [0.05, 0.1) is 0 Å². The van der Waals surface area contributed by atoms with Gasteiger partial charge in [-0.2, -0.15) is 0 Å². The Morgan fingerprint density at radius 2 is 1.95 bits per heavy atom. The van der Waals surface area contributed by atoms with Crippen LogP contribution in [0.2, 0.25) is 0 Å². The molecule has 0 saturated heterocycles. The Morgan fingerprint density at radius 3 is 2.64 bits per heavy atom. The molecule has 2 aliphatic rings. The van der Waals surface area contributed by atoms with E-state index in [1.807, 2.05) is 20.8 Å². The second kappa shape index (κ2) is 8.00. The fourth-order valence-corrected chi connectivity index (χ4v) is 3.36. The van der Waals surface area contributed by atoms with Crippen molar-refractivity contribution >= 4 is 6.09 Å². The number of amides is 1. The highest BCUT2D eigenvalue weighted by Crippen LogP contribution is 2.21. The van der Waals surface area contributed by atoms with E-state index in [0.717, 1.165) is 25.3 Å². The molecule has 22 heavy (non-hydrogen) atoms. The Bertz CT molecular complexity index is 387. The molecule has 2 aliphatic carbocycles. The van der Waals surface area contributed by atoms with Gasteiger partial charge in [0.25, 0.3) is 0 Å². The van der Waals surface area contributed by atoms with Crippen LogP contribution in [-0.4, -0.2) is 30.3 Å². The van der Waals surface area contributed by atoms with E-state index in [4.69, 9.17) is 4.74 Å². The third-order valence-electron chi connectivity index (χ3n) is 4.47. The molecule has 0 aliphatic heterocycles. The zero-order chi connectivity index (χ0) is 16.0. The van der Waals surface area contributed by atoms with Gasteiger partial charge in [-0.05, 0) is 78.2 Å². The molecular weight excluding hydrogens is 276 g/mol. The number of nitrogens with one attached hydrogen (secondary N) is 2. The lowest BCUT2D eigenvalue weighted by Gasteiger charge is -2.32. The van der Waals surface area contributed by atoms with E-state index < -0.39 is 5.60 Å². The van der Waals surface area contributed by atoms with Crippen LogP contribution in [0.1, 0.15) is 65.7 Å². The summed E-state index contributed by atoms with van der Waals surface area (Å²) >= 11 is 0. The van der Waals surface area contributed by atoms with E-state index in [-0.39, 0.29) is 12.1 Å². The third kappa shape index (κ3) is 6.39. The molecule has 2 N–H and O–H groups in total. The van der Waals surface area contributed by atoms with Gasteiger partial charge >= 0.3 is 6.09 Å². The zero-order valence-electron chi connectivity index (χ0n) is 14.4. The maximum Gasteiger partial charge on any atom is 0.407 e. The van der Waals surface area contributed by atoms with Crippen LogP contribution >= 0.6 is 0 Å². The van der Waals surface area contributed by atoms with Crippen molar-refractivity contribution in [1.29, 1.82) is 0 Å². The molecule has 0 heterocycles. The summed E-state index contributed by atoms with van der Waals surface area (Å²) in [5.74, 6) is 0.782. The van der Waals surface area contributed by atoms with E-state index in [1.165, 1.54) is 32.1 Å². The van der Waals surface area contributed by atoms with E-state index in [0.29, 0.717) is 6.04 Å². The van der Waals surface area contributed by atoms with Crippen molar-refractivity contribution in [2.24, 2.45) is 5.92 Å². The monoisotopic (exact) mass is 308 g/mol. The van der Waals surface area contributed by atoms with Gasteiger partial charge in [-0.1, -0.05) is 12.2 Å². The Hall–Kier alpha value is -1.03. The summed E-state index contributed by atoms with van der Waals surface area (Å²) in [7, 11) is 0. The van der Waals surface area contributed by atoms with E-state index in [9.17, 15) is 4.79 Å². The second-order valence-electron chi connectivity index (χ2n) is 7.77. The highest BCUT2D eigenvalue weighted by atomic mass is 16.6. The fourth-order valence-electron chi connectivity index (χ4n) is 3.36. The van der Waals surface area contributed by atoms with Crippen LogP contribution in [0.3, 0.4) is 0 Å². The molecule has 3 atom stereocenters. The van der Waals surface area contributed by atoms with Crippen LogP contribution in [0.25, 0.3) is 0 Å². The number of rotatable bonds is 4. The molecule has 3 unspecified atom stereocenters. The Balaban J connectivity index is 1.69. The molecule has 1 fully saturated rings. The lowest BCUT2D eigenvalue weighted by atomic mass is 9.89. The number of hydrogen-bond donors (Lipinski definition) is 2. The maximum absolute atomic E-state index is 11.9. The van der Waals surface area contributed by atoms with Gasteiger partial charge in [0.1, 0.15) is 5.60 Å². The summed E-state index contributed by atoms with van der Waals surface area (Å²) in [5.41, 5.74) is -0.426. The van der Waals surface area contributed by atoms with Gasteiger partial charge in [0.2, 0.25) is 0 Å². The van der Waals surface area contributed by atoms with Crippen LogP contribution in [0.4, 0.5) is 4.79 Å². The van der Waals surface area contributed by atoms with Crippen molar-refractivity contribution in [1.82, 2.24) is 10.6 Å². The van der Waals surface area contributed by atoms with Crippen LogP contribution < -0.4 is 10.6 Å². The number of hydrogen-bond acceptors (Lipinski definition) is 3. The van der Waals surface area contributed by atoms with Gasteiger partial charge in [-0.15, -0.1) is 0 Å². The molecule has 0 radical (unpaired) electrons. The van der Waals surface area contributed by atoms with Gasteiger partial charge in [0.15, 0.2) is 0 Å². The predicted octanol–water partition coefficient (Wildman–Crippen LogP) is 3.77. The zero-order valence-corrected chi connectivity index (χ0v) is 14.4. The summed E-state index contributed by atoms with van der Waals surface area (Å²) < 4.78 is 5.35. The Kier molecular flexibility index (Phi) is 6.30. The summed E-state index contributed by atoms with van der Waals surface area (Å²) in [5, 5.41) is 6.75. The molecule has 2 rings (SSSR count). The lowest BCUT2D eigenvalue weighted by Crippen LogP contribution is -2.46. The van der Waals surface area contributed by atoms with Crippen LogP contribution in [0, 0.1) is 5.92 Å². The minimum absolute atomic E-state index is 0.243. The van der Waals surface area contributed by atoms with Crippen LogP contribution in [-0.2, 0) is 4.74 Å². The summed E-state index contributed by atoms with van der Waals surface area (Å²) in [6.07, 6.45) is 12.5. The molecule has 0 aromatic heterocycles. The average Bonchev–Trinajstić information content (AvgIpc) is 2.44. The minimum atomic E-state index is -0.426. The second-order valence-corrected chi connectivity index (χ2v) is 7.77. The summed E-state index contributed by atoms with van der Waals surface area (Å²) in [4.78, 5) is 11.9. The largest absolute Gasteiger partial charge is 0.444 e. The summed E-state index contributed by atoms with van der Waals surface area (Å²) in [6, 6.07) is 0.770. The smallest absolute Gasteiger partial charge is 0.407 e. The first-order valence-electron chi connectivity index (χ1n) is 8.80. The standard InChI is InChI=1S/C18H32N2O2/c1-18(2,3)22-17(21)20-16-11-7-10-15(12-16)19-13-14-8-5-4-6-9-14/h4-5,14-16,19H,6-13H2,1-3H3,(H,20,21). The van der Waals surface area contributed by atoms with Gasteiger partial charge < -0.3 is 15.4 Å².